The molecule has 4 rings (SSSR count). The summed E-state index contributed by atoms with van der Waals surface area (Å²) in [4.78, 5) is 2.42. The van der Waals surface area contributed by atoms with Gasteiger partial charge in [-0.05, 0) is 51.2 Å². The number of nitrogens with zero attached hydrogens (tertiary/aromatic N) is 2. The van der Waals surface area contributed by atoms with Crippen molar-refractivity contribution in [1.29, 1.82) is 0 Å². The van der Waals surface area contributed by atoms with Crippen molar-refractivity contribution in [3.05, 3.63) is 18.2 Å². The van der Waals surface area contributed by atoms with Crippen LogP contribution in [0.4, 0.5) is 5.69 Å². The van der Waals surface area contributed by atoms with E-state index < -0.39 is 10.0 Å². The predicted molar refractivity (Wildman–Crippen MR) is 95.5 cm³/mol. The molecular weight excluding hydrogens is 340 g/mol. The van der Waals surface area contributed by atoms with Crippen molar-refractivity contribution in [2.75, 3.05) is 24.6 Å². The summed E-state index contributed by atoms with van der Waals surface area (Å²) in [5.74, 6) is 0.443. The number of anilines is 1. The number of hydrogen-bond acceptors (Lipinski definition) is 5. The van der Waals surface area contributed by atoms with Gasteiger partial charge >= 0.3 is 0 Å². The molecule has 0 aromatic heterocycles. The van der Waals surface area contributed by atoms with Gasteiger partial charge in [-0.25, -0.2) is 8.42 Å². The summed E-state index contributed by atoms with van der Waals surface area (Å²) in [5.41, 5.74) is 0.927. The zero-order valence-corrected chi connectivity index (χ0v) is 15.4. The van der Waals surface area contributed by atoms with E-state index in [4.69, 9.17) is 4.74 Å². The smallest absolute Gasteiger partial charge is 0.247 e. The lowest BCUT2D eigenvalue weighted by Crippen LogP contribution is -2.38. The van der Waals surface area contributed by atoms with E-state index in [1.54, 1.807) is 10.4 Å². The van der Waals surface area contributed by atoms with Crippen LogP contribution in [0.1, 0.15) is 39.0 Å². The summed E-state index contributed by atoms with van der Waals surface area (Å²) in [6, 6.07) is 5.63. The maximum atomic E-state index is 13.1. The predicted octanol–water partition coefficient (Wildman–Crippen LogP) is 1.97. The van der Waals surface area contributed by atoms with Gasteiger partial charge in [0, 0.05) is 30.9 Å². The molecule has 0 radical (unpaired) electrons. The van der Waals surface area contributed by atoms with Gasteiger partial charge in [0.2, 0.25) is 10.0 Å². The summed E-state index contributed by atoms with van der Waals surface area (Å²) in [6.45, 7) is 3.50. The molecule has 0 spiro atoms. The molecule has 7 heteroatoms. The van der Waals surface area contributed by atoms with Gasteiger partial charge in [0.25, 0.3) is 0 Å². The lowest BCUT2D eigenvalue weighted by Gasteiger charge is -2.30. The van der Waals surface area contributed by atoms with E-state index in [0.717, 1.165) is 37.9 Å². The van der Waals surface area contributed by atoms with Crippen molar-refractivity contribution in [3.63, 3.8) is 0 Å². The molecule has 1 aliphatic carbocycles. The van der Waals surface area contributed by atoms with Crippen LogP contribution in [0, 0.1) is 0 Å². The molecule has 2 aliphatic heterocycles. The van der Waals surface area contributed by atoms with Gasteiger partial charge in [0.05, 0.1) is 18.8 Å². The van der Waals surface area contributed by atoms with Crippen LogP contribution in [0.5, 0.6) is 5.75 Å². The van der Waals surface area contributed by atoms with E-state index in [0.29, 0.717) is 18.7 Å². The number of aliphatic hydroxyl groups excluding tert-OH is 1. The molecule has 2 atom stereocenters. The minimum Gasteiger partial charge on any atom is -0.489 e. The number of aliphatic hydroxyl groups is 1. The highest BCUT2D eigenvalue weighted by Crippen LogP contribution is 2.39. The second-order valence-corrected chi connectivity index (χ2v) is 9.23. The fraction of sp³-hybridized carbons (Fsp3) is 0.667. The first-order valence-corrected chi connectivity index (χ1v) is 10.6. The van der Waals surface area contributed by atoms with Gasteiger partial charge in [-0.3, -0.25) is 0 Å². The number of sulfonamides is 1. The van der Waals surface area contributed by atoms with Crippen LogP contribution in [-0.4, -0.2) is 55.7 Å². The Labute approximate surface area is 149 Å². The number of benzene rings is 1. The average Bonchev–Trinajstić information content (AvgIpc) is 3.29. The molecule has 1 N–H and O–H groups in total. The Morgan fingerprint density at radius 3 is 2.72 bits per heavy atom. The van der Waals surface area contributed by atoms with Gasteiger partial charge in [0.15, 0.2) is 0 Å². The second kappa shape index (κ2) is 6.45. The number of hydrogen-bond donors (Lipinski definition) is 1. The van der Waals surface area contributed by atoms with E-state index >= 15 is 0 Å². The largest absolute Gasteiger partial charge is 0.489 e. The molecule has 2 fully saturated rings. The Morgan fingerprint density at radius 2 is 2.00 bits per heavy atom. The van der Waals surface area contributed by atoms with Crippen LogP contribution in [0.15, 0.2) is 23.1 Å². The highest BCUT2D eigenvalue weighted by Gasteiger charge is 2.40. The van der Waals surface area contributed by atoms with Crippen molar-refractivity contribution in [2.45, 2.75) is 62.1 Å². The average molecular weight is 366 g/mol. The van der Waals surface area contributed by atoms with E-state index in [2.05, 4.69) is 4.90 Å². The summed E-state index contributed by atoms with van der Waals surface area (Å²) in [5, 5.41) is 9.57. The number of fused-ring (bicyclic) bond motifs is 1. The molecule has 3 aliphatic rings. The first-order chi connectivity index (χ1) is 12.0. The maximum absolute atomic E-state index is 13.1. The molecule has 0 bridgehead atoms. The van der Waals surface area contributed by atoms with Crippen molar-refractivity contribution in [2.24, 2.45) is 0 Å². The van der Waals surface area contributed by atoms with Crippen molar-refractivity contribution in [3.8, 4) is 5.75 Å². The van der Waals surface area contributed by atoms with Crippen LogP contribution >= 0.6 is 0 Å². The fourth-order valence-corrected chi connectivity index (χ4v) is 5.72. The van der Waals surface area contributed by atoms with Crippen LogP contribution < -0.4 is 9.64 Å². The molecule has 25 heavy (non-hydrogen) atoms. The first kappa shape index (κ1) is 17.1. The first-order valence-electron chi connectivity index (χ1n) is 9.21. The lowest BCUT2D eigenvalue weighted by molar-refractivity contribution is 0.186. The van der Waals surface area contributed by atoms with Crippen molar-refractivity contribution < 1.29 is 18.3 Å². The van der Waals surface area contributed by atoms with Crippen molar-refractivity contribution >= 4 is 15.7 Å². The molecule has 138 valence electrons. The Hall–Kier alpha value is -1.31. The van der Waals surface area contributed by atoms with Gasteiger partial charge in [0.1, 0.15) is 10.6 Å². The van der Waals surface area contributed by atoms with Crippen LogP contribution in [0.25, 0.3) is 0 Å². The van der Waals surface area contributed by atoms with Crippen LogP contribution in [0.3, 0.4) is 0 Å². The normalized spacial score (nSPS) is 29.6. The minimum absolute atomic E-state index is 0.0297. The second-order valence-electron chi connectivity index (χ2n) is 7.37. The molecule has 6 nitrogen and oxygen atoms in total. The quantitative estimate of drug-likeness (QED) is 0.886. The molecule has 1 saturated heterocycles. The molecule has 2 heterocycles. The summed E-state index contributed by atoms with van der Waals surface area (Å²) >= 11 is 0. The summed E-state index contributed by atoms with van der Waals surface area (Å²) in [6.07, 6.45) is 4.56. The molecule has 1 aromatic rings. The number of ether oxygens (including phenoxy) is 1. The van der Waals surface area contributed by atoms with Gasteiger partial charge in [-0.2, -0.15) is 4.31 Å². The van der Waals surface area contributed by atoms with Gasteiger partial charge in [-0.15, -0.1) is 0 Å². The SMILES string of the molecule is C[C@@H]1CCN(C2CC2)S(=O)(=O)c2ccc(N3CCC[C@@H]3CO)cc2O1. The monoisotopic (exact) mass is 366 g/mol. The lowest BCUT2D eigenvalue weighted by atomic mass is 10.2. The molecular formula is C18H26N2O4S. The third-order valence-electron chi connectivity index (χ3n) is 5.47. The van der Waals surface area contributed by atoms with E-state index in [1.165, 1.54) is 0 Å². The fourth-order valence-electron chi connectivity index (χ4n) is 3.92. The zero-order valence-electron chi connectivity index (χ0n) is 14.6. The number of rotatable bonds is 3. The standard InChI is InChI=1S/C18H26N2O4S/c1-13-8-10-20(14-4-5-14)25(22,23)18-7-6-15(11-17(18)24-13)19-9-2-3-16(19)12-21/h6-7,11,13-14,16,21H,2-5,8-10,12H2,1H3/t13-,16-/m1/s1. The van der Waals surface area contributed by atoms with E-state index in [-0.39, 0.29) is 29.7 Å². The van der Waals surface area contributed by atoms with Crippen LogP contribution in [0.2, 0.25) is 0 Å². The third-order valence-corrected chi connectivity index (χ3v) is 7.46. The van der Waals surface area contributed by atoms with Crippen molar-refractivity contribution in [1.82, 2.24) is 4.31 Å². The topological polar surface area (TPSA) is 70.1 Å². The molecule has 0 unspecified atom stereocenters. The van der Waals surface area contributed by atoms with Gasteiger partial charge in [-0.1, -0.05) is 0 Å². The molecule has 1 aromatic carbocycles. The Bertz CT molecular complexity index is 747. The Kier molecular flexibility index (Phi) is 4.42. The third kappa shape index (κ3) is 3.13. The summed E-state index contributed by atoms with van der Waals surface area (Å²) < 4.78 is 33.9. The van der Waals surface area contributed by atoms with E-state index in [9.17, 15) is 13.5 Å². The Balaban J connectivity index is 1.74. The minimum atomic E-state index is -3.52. The highest BCUT2D eigenvalue weighted by atomic mass is 32.2. The zero-order chi connectivity index (χ0) is 17.6. The maximum Gasteiger partial charge on any atom is 0.247 e. The Morgan fingerprint density at radius 1 is 1.20 bits per heavy atom. The van der Waals surface area contributed by atoms with Crippen LogP contribution in [-0.2, 0) is 10.0 Å². The summed E-state index contributed by atoms with van der Waals surface area (Å²) in [7, 11) is -3.52. The highest BCUT2D eigenvalue weighted by molar-refractivity contribution is 7.89. The van der Waals surface area contributed by atoms with Gasteiger partial charge < -0.3 is 14.7 Å². The molecule has 0 amide bonds. The van der Waals surface area contributed by atoms with E-state index in [1.807, 2.05) is 19.1 Å². The molecule has 1 saturated carbocycles.